The van der Waals surface area contributed by atoms with E-state index in [0.29, 0.717) is 50.9 Å². The summed E-state index contributed by atoms with van der Waals surface area (Å²) in [4.78, 5) is 37.4. The molecule has 5 rings (SSSR count). The number of benzene rings is 2. The lowest BCUT2D eigenvalue weighted by molar-refractivity contribution is -0.130. The van der Waals surface area contributed by atoms with Gasteiger partial charge in [-0.05, 0) is 29.8 Å². The van der Waals surface area contributed by atoms with E-state index < -0.39 is 0 Å². The summed E-state index contributed by atoms with van der Waals surface area (Å²) in [5, 5.41) is 0. The number of carbonyl (C=O) groups is 2. The molecule has 3 heterocycles. The highest BCUT2D eigenvalue weighted by molar-refractivity contribution is 5.92. The van der Waals surface area contributed by atoms with Gasteiger partial charge >= 0.3 is 0 Å². The Morgan fingerprint density at radius 3 is 2.38 bits per heavy atom. The first-order chi connectivity index (χ1) is 19.5. The minimum absolute atomic E-state index is 0.0326. The average molecular weight is 548 g/mol. The van der Waals surface area contributed by atoms with Crippen LogP contribution < -0.4 is 4.74 Å². The number of oxazole rings is 1. The van der Waals surface area contributed by atoms with E-state index in [1.807, 2.05) is 42.5 Å². The van der Waals surface area contributed by atoms with E-state index in [0.717, 1.165) is 56.5 Å². The van der Waals surface area contributed by atoms with Crippen molar-refractivity contribution in [3.63, 3.8) is 0 Å². The molecule has 0 unspecified atom stereocenters. The third-order valence-electron chi connectivity index (χ3n) is 7.26. The van der Waals surface area contributed by atoms with Crippen LogP contribution in [0.25, 0.3) is 0 Å². The normalized spacial score (nSPS) is 16.4. The maximum absolute atomic E-state index is 13.0. The molecular formula is C30H37N5O5. The molecule has 2 saturated heterocycles. The number of hydrogen-bond acceptors (Lipinski definition) is 8. The van der Waals surface area contributed by atoms with Gasteiger partial charge in [-0.3, -0.25) is 19.4 Å². The molecule has 0 aliphatic carbocycles. The Labute approximate surface area is 235 Å². The molecular weight excluding hydrogens is 510 g/mol. The maximum Gasteiger partial charge on any atom is 0.275 e. The van der Waals surface area contributed by atoms with Crippen LogP contribution in [-0.2, 0) is 22.6 Å². The van der Waals surface area contributed by atoms with Crippen LogP contribution in [0.3, 0.4) is 0 Å². The van der Waals surface area contributed by atoms with Crippen molar-refractivity contribution in [2.45, 2.75) is 20.0 Å². The minimum atomic E-state index is -0.163. The highest BCUT2D eigenvalue weighted by Gasteiger charge is 2.26. The Hall–Kier alpha value is -3.73. The average Bonchev–Trinajstić information content (AvgIpc) is 3.45. The standard InChI is InChI=1S/C30H37N5O5/c1-24(36)34-12-14-35(15-13-34)30(37)28-23-39-29(31-28)22-33(11-10-32-16-18-38-19-17-32)21-25-6-5-9-27(20-25)40-26-7-3-2-4-8-26/h2-9,20,23H,10-19,21-22H2,1H3. The van der Waals surface area contributed by atoms with Crippen LogP contribution in [-0.4, -0.2) is 102 Å². The number of morpholine rings is 1. The lowest BCUT2D eigenvalue weighted by Gasteiger charge is -2.33. The van der Waals surface area contributed by atoms with Crippen molar-refractivity contribution in [1.82, 2.24) is 24.6 Å². The zero-order valence-corrected chi connectivity index (χ0v) is 23.0. The molecule has 0 bridgehead atoms. The number of amides is 2. The number of ether oxygens (including phenoxy) is 2. The van der Waals surface area contributed by atoms with Gasteiger partial charge in [-0.1, -0.05) is 30.3 Å². The van der Waals surface area contributed by atoms with E-state index in [4.69, 9.17) is 13.9 Å². The summed E-state index contributed by atoms with van der Waals surface area (Å²) in [7, 11) is 0. The number of hydrogen-bond donors (Lipinski definition) is 0. The van der Waals surface area contributed by atoms with Gasteiger partial charge in [-0.25, -0.2) is 4.98 Å². The molecule has 0 N–H and O–H groups in total. The molecule has 40 heavy (non-hydrogen) atoms. The molecule has 2 aromatic carbocycles. The Morgan fingerprint density at radius 2 is 1.62 bits per heavy atom. The molecule has 0 atom stereocenters. The summed E-state index contributed by atoms with van der Waals surface area (Å²) in [5.74, 6) is 1.95. The van der Waals surface area contributed by atoms with Gasteiger partial charge in [0.1, 0.15) is 17.8 Å². The molecule has 10 heteroatoms. The number of piperazine rings is 1. The molecule has 2 aliphatic heterocycles. The zero-order valence-electron chi connectivity index (χ0n) is 23.0. The molecule has 0 spiro atoms. The second kappa shape index (κ2) is 13.6. The Morgan fingerprint density at radius 1 is 0.900 bits per heavy atom. The van der Waals surface area contributed by atoms with Crippen molar-refractivity contribution in [3.8, 4) is 11.5 Å². The van der Waals surface area contributed by atoms with Gasteiger partial charge in [0, 0.05) is 65.8 Å². The topological polar surface area (TPSA) is 91.6 Å². The van der Waals surface area contributed by atoms with Gasteiger partial charge in [0.15, 0.2) is 5.69 Å². The van der Waals surface area contributed by atoms with E-state index in [-0.39, 0.29) is 11.8 Å². The number of carbonyl (C=O) groups excluding carboxylic acids is 2. The first-order valence-electron chi connectivity index (χ1n) is 13.9. The summed E-state index contributed by atoms with van der Waals surface area (Å²) in [6.07, 6.45) is 1.45. The van der Waals surface area contributed by atoms with E-state index in [1.165, 1.54) is 6.26 Å². The van der Waals surface area contributed by atoms with Gasteiger partial charge < -0.3 is 23.7 Å². The summed E-state index contributed by atoms with van der Waals surface area (Å²) in [5.41, 5.74) is 1.42. The third-order valence-corrected chi connectivity index (χ3v) is 7.26. The fraction of sp³-hybridized carbons (Fsp3) is 0.433. The van der Waals surface area contributed by atoms with Crippen molar-refractivity contribution in [3.05, 3.63) is 78.0 Å². The van der Waals surface area contributed by atoms with E-state index in [2.05, 4.69) is 26.9 Å². The first kappa shape index (κ1) is 27.8. The van der Waals surface area contributed by atoms with Crippen LogP contribution >= 0.6 is 0 Å². The van der Waals surface area contributed by atoms with Crippen LogP contribution in [0.15, 0.2) is 65.3 Å². The van der Waals surface area contributed by atoms with Gasteiger partial charge in [0.05, 0.1) is 19.8 Å². The summed E-state index contributed by atoms with van der Waals surface area (Å²) < 4.78 is 17.3. The lowest BCUT2D eigenvalue weighted by atomic mass is 10.2. The molecule has 0 radical (unpaired) electrons. The zero-order chi connectivity index (χ0) is 27.7. The SMILES string of the molecule is CC(=O)N1CCN(C(=O)c2coc(CN(CCN3CCOCC3)Cc3cccc(Oc4ccccc4)c3)n2)CC1. The fourth-order valence-corrected chi connectivity index (χ4v) is 4.97. The molecule has 2 fully saturated rings. The van der Waals surface area contributed by atoms with Crippen LogP contribution in [0.1, 0.15) is 28.9 Å². The third kappa shape index (κ3) is 7.68. The van der Waals surface area contributed by atoms with Crippen LogP contribution in [0, 0.1) is 0 Å². The smallest absolute Gasteiger partial charge is 0.275 e. The first-order valence-corrected chi connectivity index (χ1v) is 13.9. The Balaban J connectivity index is 1.24. The Kier molecular flexibility index (Phi) is 9.43. The molecule has 10 nitrogen and oxygen atoms in total. The Bertz CT molecular complexity index is 1250. The second-order valence-electron chi connectivity index (χ2n) is 10.2. The van der Waals surface area contributed by atoms with Crippen LogP contribution in [0.2, 0.25) is 0 Å². The van der Waals surface area contributed by atoms with Gasteiger partial charge in [0.2, 0.25) is 11.8 Å². The van der Waals surface area contributed by atoms with Crippen molar-refractivity contribution in [2.24, 2.45) is 0 Å². The van der Waals surface area contributed by atoms with E-state index in [1.54, 1.807) is 16.7 Å². The van der Waals surface area contributed by atoms with Gasteiger partial charge in [-0.15, -0.1) is 0 Å². The van der Waals surface area contributed by atoms with Crippen LogP contribution in [0.4, 0.5) is 0 Å². The summed E-state index contributed by atoms with van der Waals surface area (Å²) in [6, 6.07) is 17.8. The minimum Gasteiger partial charge on any atom is -0.457 e. The highest BCUT2D eigenvalue weighted by atomic mass is 16.5. The van der Waals surface area contributed by atoms with Gasteiger partial charge in [0.25, 0.3) is 5.91 Å². The number of nitrogens with zero attached hydrogens (tertiary/aromatic N) is 5. The predicted molar refractivity (Wildman–Crippen MR) is 149 cm³/mol. The molecule has 1 aromatic heterocycles. The monoisotopic (exact) mass is 547 g/mol. The number of rotatable bonds is 10. The number of para-hydroxylation sites is 1. The lowest BCUT2D eigenvalue weighted by Crippen LogP contribution is -2.50. The van der Waals surface area contributed by atoms with Gasteiger partial charge in [-0.2, -0.15) is 0 Å². The van der Waals surface area contributed by atoms with E-state index >= 15 is 0 Å². The van der Waals surface area contributed by atoms with Crippen molar-refractivity contribution < 1.29 is 23.5 Å². The van der Waals surface area contributed by atoms with Crippen molar-refractivity contribution in [1.29, 1.82) is 0 Å². The predicted octanol–water partition coefficient (Wildman–Crippen LogP) is 3.11. The second-order valence-corrected chi connectivity index (χ2v) is 10.2. The van der Waals surface area contributed by atoms with E-state index in [9.17, 15) is 9.59 Å². The number of aromatic nitrogens is 1. The summed E-state index contributed by atoms with van der Waals surface area (Å²) >= 11 is 0. The van der Waals surface area contributed by atoms with Crippen LogP contribution in [0.5, 0.6) is 11.5 Å². The molecule has 212 valence electrons. The highest BCUT2D eigenvalue weighted by Crippen LogP contribution is 2.23. The quantitative estimate of drug-likeness (QED) is 0.383. The molecule has 2 aliphatic rings. The van der Waals surface area contributed by atoms with Crippen molar-refractivity contribution in [2.75, 3.05) is 65.6 Å². The van der Waals surface area contributed by atoms with Crippen molar-refractivity contribution >= 4 is 11.8 Å². The molecule has 2 amide bonds. The fourth-order valence-electron chi connectivity index (χ4n) is 4.97. The molecule has 0 saturated carbocycles. The molecule has 3 aromatic rings. The maximum atomic E-state index is 13.0. The summed E-state index contributed by atoms with van der Waals surface area (Å²) in [6.45, 7) is 9.82. The largest absolute Gasteiger partial charge is 0.457 e.